The summed E-state index contributed by atoms with van der Waals surface area (Å²) in [4.78, 5) is 20.6. The lowest BCUT2D eigenvalue weighted by molar-refractivity contribution is -0.178. The summed E-state index contributed by atoms with van der Waals surface area (Å²) < 4.78 is 4.06. The standard InChI is InChI=1S/C6H10O7/c7-2-5(10)13-4(9)1-3(8)6(11)12/h3,5,7-8,10H,1-2H2,(H,11,12). The minimum atomic E-state index is -1.86. The number of rotatable bonds is 5. The Morgan fingerprint density at radius 3 is 2.23 bits per heavy atom. The summed E-state index contributed by atoms with van der Waals surface area (Å²) in [5.41, 5.74) is 0. The molecular weight excluding hydrogens is 184 g/mol. The van der Waals surface area contributed by atoms with E-state index in [-0.39, 0.29) is 0 Å². The third kappa shape index (κ3) is 5.12. The normalized spacial score (nSPS) is 14.7. The smallest absolute Gasteiger partial charge is 0.333 e. The van der Waals surface area contributed by atoms with Crippen molar-refractivity contribution < 1.29 is 34.8 Å². The van der Waals surface area contributed by atoms with Gasteiger partial charge in [0.05, 0.1) is 6.42 Å². The van der Waals surface area contributed by atoms with Crippen molar-refractivity contribution in [3.63, 3.8) is 0 Å². The summed E-state index contributed by atoms with van der Waals surface area (Å²) in [6, 6.07) is 0. The van der Waals surface area contributed by atoms with Gasteiger partial charge in [-0.05, 0) is 0 Å². The Hall–Kier alpha value is -1.18. The Morgan fingerprint density at radius 1 is 1.31 bits per heavy atom. The number of hydrogen-bond acceptors (Lipinski definition) is 6. The molecule has 0 aliphatic rings. The van der Waals surface area contributed by atoms with Gasteiger partial charge in [0.1, 0.15) is 6.61 Å². The van der Waals surface area contributed by atoms with E-state index in [1.165, 1.54) is 0 Å². The molecule has 2 atom stereocenters. The molecule has 0 radical (unpaired) electrons. The van der Waals surface area contributed by atoms with E-state index in [0.717, 1.165) is 0 Å². The second-order valence-electron chi connectivity index (χ2n) is 2.19. The van der Waals surface area contributed by atoms with E-state index in [1.54, 1.807) is 0 Å². The second kappa shape index (κ2) is 5.46. The lowest BCUT2D eigenvalue weighted by atomic mass is 10.2. The minimum Gasteiger partial charge on any atom is -0.479 e. The summed E-state index contributed by atoms with van der Waals surface area (Å²) in [5, 5.41) is 33.6. The molecule has 0 saturated heterocycles. The lowest BCUT2D eigenvalue weighted by Crippen LogP contribution is -2.28. The Bertz CT molecular complexity index is 189. The third-order valence-electron chi connectivity index (χ3n) is 1.07. The van der Waals surface area contributed by atoms with E-state index in [0.29, 0.717) is 0 Å². The summed E-state index contributed by atoms with van der Waals surface area (Å²) in [6.07, 6.45) is -4.32. The maximum absolute atomic E-state index is 10.6. The van der Waals surface area contributed by atoms with Crippen molar-refractivity contribution in [2.45, 2.75) is 18.8 Å². The van der Waals surface area contributed by atoms with Crippen molar-refractivity contribution in [2.75, 3.05) is 6.61 Å². The molecule has 0 bridgehead atoms. The highest BCUT2D eigenvalue weighted by molar-refractivity contribution is 5.80. The molecule has 0 amide bonds. The molecule has 0 saturated carbocycles. The van der Waals surface area contributed by atoms with Gasteiger partial charge in [-0.3, -0.25) is 4.79 Å². The van der Waals surface area contributed by atoms with Crippen LogP contribution in [0.5, 0.6) is 0 Å². The van der Waals surface area contributed by atoms with Crippen molar-refractivity contribution in [1.82, 2.24) is 0 Å². The van der Waals surface area contributed by atoms with E-state index in [9.17, 15) is 9.59 Å². The molecule has 7 nitrogen and oxygen atoms in total. The van der Waals surface area contributed by atoms with Gasteiger partial charge < -0.3 is 25.2 Å². The first kappa shape index (κ1) is 11.8. The van der Waals surface area contributed by atoms with Crippen LogP contribution in [0.25, 0.3) is 0 Å². The van der Waals surface area contributed by atoms with E-state index < -0.39 is 37.4 Å². The quantitative estimate of drug-likeness (QED) is 0.286. The minimum absolute atomic E-state index is 0.771. The number of ether oxygens (including phenoxy) is 1. The molecule has 4 N–H and O–H groups in total. The molecule has 13 heavy (non-hydrogen) atoms. The lowest BCUT2D eigenvalue weighted by Gasteiger charge is -2.09. The number of aliphatic hydroxyl groups is 3. The van der Waals surface area contributed by atoms with Crippen LogP contribution in [0, 0.1) is 0 Å². The van der Waals surface area contributed by atoms with E-state index in [4.69, 9.17) is 20.4 Å². The first-order chi connectivity index (χ1) is 5.97. The number of hydrogen-bond donors (Lipinski definition) is 4. The summed E-state index contributed by atoms with van der Waals surface area (Å²) in [5.74, 6) is -2.66. The predicted molar refractivity (Wildman–Crippen MR) is 37.4 cm³/mol. The zero-order valence-electron chi connectivity index (χ0n) is 6.58. The van der Waals surface area contributed by atoms with Crippen molar-refractivity contribution in [3.05, 3.63) is 0 Å². The van der Waals surface area contributed by atoms with Crippen LogP contribution in [0.3, 0.4) is 0 Å². The molecule has 0 fully saturated rings. The van der Waals surface area contributed by atoms with E-state index in [1.807, 2.05) is 0 Å². The molecule has 2 unspecified atom stereocenters. The van der Waals surface area contributed by atoms with Gasteiger partial charge in [-0.1, -0.05) is 0 Å². The van der Waals surface area contributed by atoms with E-state index >= 15 is 0 Å². The number of esters is 1. The number of carboxylic acids is 1. The Kier molecular flexibility index (Phi) is 4.97. The Labute approximate surface area is 73.2 Å². The highest BCUT2D eigenvalue weighted by atomic mass is 16.6. The fraction of sp³-hybridized carbons (Fsp3) is 0.667. The second-order valence-corrected chi connectivity index (χ2v) is 2.19. The fourth-order valence-electron chi connectivity index (χ4n) is 0.482. The average molecular weight is 194 g/mol. The Balaban J connectivity index is 3.81. The number of aliphatic carboxylic acids is 1. The molecule has 0 aliphatic heterocycles. The van der Waals surface area contributed by atoms with Crippen molar-refractivity contribution in [1.29, 1.82) is 0 Å². The fourth-order valence-corrected chi connectivity index (χ4v) is 0.482. The molecule has 0 spiro atoms. The van der Waals surface area contributed by atoms with Crippen LogP contribution >= 0.6 is 0 Å². The number of aliphatic hydroxyl groups excluding tert-OH is 3. The molecule has 0 aromatic carbocycles. The molecule has 0 rings (SSSR count). The van der Waals surface area contributed by atoms with Gasteiger partial charge in [0.2, 0.25) is 6.29 Å². The van der Waals surface area contributed by atoms with Gasteiger partial charge in [0.15, 0.2) is 6.10 Å². The molecule has 0 aliphatic carbocycles. The summed E-state index contributed by atoms with van der Waals surface area (Å²) >= 11 is 0. The van der Waals surface area contributed by atoms with Gasteiger partial charge in [0, 0.05) is 0 Å². The van der Waals surface area contributed by atoms with Crippen LogP contribution in [0.1, 0.15) is 6.42 Å². The Morgan fingerprint density at radius 2 is 1.85 bits per heavy atom. The van der Waals surface area contributed by atoms with Crippen molar-refractivity contribution in [3.8, 4) is 0 Å². The van der Waals surface area contributed by atoms with Crippen LogP contribution in [0.4, 0.5) is 0 Å². The highest BCUT2D eigenvalue weighted by Gasteiger charge is 2.20. The molecule has 0 heterocycles. The monoisotopic (exact) mass is 194 g/mol. The molecule has 7 heteroatoms. The van der Waals surface area contributed by atoms with Crippen LogP contribution in [0.2, 0.25) is 0 Å². The van der Waals surface area contributed by atoms with Gasteiger partial charge in [-0.2, -0.15) is 0 Å². The van der Waals surface area contributed by atoms with E-state index in [2.05, 4.69) is 4.74 Å². The maximum Gasteiger partial charge on any atom is 0.333 e. The average Bonchev–Trinajstić information content (AvgIpc) is 2.03. The van der Waals surface area contributed by atoms with Crippen LogP contribution in [0.15, 0.2) is 0 Å². The summed E-state index contributed by atoms with van der Waals surface area (Å²) in [6.45, 7) is -0.783. The SMILES string of the molecule is O=C(CC(O)C(=O)O)OC(O)CO. The zero-order valence-corrected chi connectivity index (χ0v) is 6.58. The van der Waals surface area contributed by atoms with Gasteiger partial charge in [0.25, 0.3) is 0 Å². The van der Waals surface area contributed by atoms with Gasteiger partial charge in [-0.25, -0.2) is 4.79 Å². The topological polar surface area (TPSA) is 124 Å². The third-order valence-corrected chi connectivity index (χ3v) is 1.07. The largest absolute Gasteiger partial charge is 0.479 e. The van der Waals surface area contributed by atoms with Gasteiger partial charge >= 0.3 is 11.9 Å². The first-order valence-electron chi connectivity index (χ1n) is 3.36. The maximum atomic E-state index is 10.6. The number of carbonyl (C=O) groups is 2. The van der Waals surface area contributed by atoms with Crippen molar-refractivity contribution >= 4 is 11.9 Å². The first-order valence-corrected chi connectivity index (χ1v) is 3.36. The van der Waals surface area contributed by atoms with Crippen LogP contribution in [-0.2, 0) is 14.3 Å². The zero-order chi connectivity index (χ0) is 10.4. The molecule has 76 valence electrons. The van der Waals surface area contributed by atoms with Crippen LogP contribution in [-0.4, -0.2) is 51.4 Å². The predicted octanol–water partition coefficient (Wildman–Crippen LogP) is -2.32. The summed E-state index contributed by atoms with van der Waals surface area (Å²) in [7, 11) is 0. The van der Waals surface area contributed by atoms with Crippen molar-refractivity contribution in [2.24, 2.45) is 0 Å². The number of carboxylic acid groups (broad SMARTS) is 1. The van der Waals surface area contributed by atoms with Gasteiger partial charge in [-0.15, -0.1) is 0 Å². The number of carbonyl (C=O) groups excluding carboxylic acids is 1. The highest BCUT2D eigenvalue weighted by Crippen LogP contribution is 1.97. The van der Waals surface area contributed by atoms with Crippen LogP contribution < -0.4 is 0 Å². The molecule has 0 aromatic rings. The molecule has 0 aromatic heterocycles. The molecular formula is C6H10O7.